The first-order chi connectivity index (χ1) is 13.5. The minimum Gasteiger partial charge on any atom is -0.363 e. The third kappa shape index (κ3) is 5.33. The van der Waals surface area contributed by atoms with Gasteiger partial charge in [-0.2, -0.15) is 10.2 Å². The van der Waals surface area contributed by atoms with Gasteiger partial charge in [0.2, 0.25) is 5.95 Å². The van der Waals surface area contributed by atoms with Crippen molar-refractivity contribution in [2.45, 2.75) is 37.8 Å². The number of benzene rings is 1. The molecule has 8 heteroatoms. The van der Waals surface area contributed by atoms with Gasteiger partial charge in [-0.1, -0.05) is 0 Å². The van der Waals surface area contributed by atoms with Crippen molar-refractivity contribution >= 4 is 23.5 Å². The lowest BCUT2D eigenvalue weighted by molar-refractivity contribution is 0.243. The number of carbonyl (C=O) groups is 1. The van der Waals surface area contributed by atoms with Gasteiger partial charge in [0, 0.05) is 38.1 Å². The van der Waals surface area contributed by atoms with E-state index in [1.807, 2.05) is 25.1 Å². The van der Waals surface area contributed by atoms with Crippen LogP contribution in [-0.2, 0) is 0 Å². The fourth-order valence-electron chi connectivity index (χ4n) is 3.21. The molecule has 0 spiro atoms. The highest BCUT2D eigenvalue weighted by atomic mass is 16.2. The molecule has 0 bridgehead atoms. The van der Waals surface area contributed by atoms with Crippen molar-refractivity contribution in [1.29, 1.82) is 5.26 Å². The van der Waals surface area contributed by atoms with Crippen LogP contribution in [0.2, 0.25) is 0 Å². The van der Waals surface area contributed by atoms with Gasteiger partial charge in [-0.25, -0.2) is 9.78 Å². The topological polar surface area (TPSA) is 106 Å². The number of rotatable bonds is 5. The van der Waals surface area contributed by atoms with Crippen LogP contribution in [0.5, 0.6) is 0 Å². The zero-order valence-corrected chi connectivity index (χ0v) is 16.1. The Balaban J connectivity index is 1.44. The third-order valence-electron chi connectivity index (χ3n) is 4.77. The van der Waals surface area contributed by atoms with Crippen LogP contribution in [0, 0.1) is 11.3 Å². The molecule has 0 saturated heterocycles. The molecule has 1 aliphatic carbocycles. The molecule has 0 atom stereocenters. The van der Waals surface area contributed by atoms with Crippen LogP contribution < -0.4 is 20.9 Å². The fraction of sp³-hybridized carbons (Fsp3) is 0.400. The van der Waals surface area contributed by atoms with Crippen LogP contribution in [0.3, 0.4) is 0 Å². The molecular formula is C20H25N7O. The van der Waals surface area contributed by atoms with Crippen LogP contribution in [0.4, 0.5) is 22.2 Å². The van der Waals surface area contributed by atoms with Crippen molar-refractivity contribution < 1.29 is 4.79 Å². The fourth-order valence-corrected chi connectivity index (χ4v) is 3.21. The number of nitrogens with one attached hydrogen (secondary N) is 3. The molecule has 146 valence electrons. The normalized spacial score (nSPS) is 18.6. The van der Waals surface area contributed by atoms with Gasteiger partial charge in [0.05, 0.1) is 11.6 Å². The van der Waals surface area contributed by atoms with Crippen molar-refractivity contribution in [2.75, 3.05) is 29.6 Å². The summed E-state index contributed by atoms with van der Waals surface area (Å²) in [7, 11) is 3.90. The molecule has 2 aromatic rings. The highest BCUT2D eigenvalue weighted by Gasteiger charge is 2.23. The molecule has 2 amide bonds. The second kappa shape index (κ2) is 9.04. The third-order valence-corrected chi connectivity index (χ3v) is 4.77. The van der Waals surface area contributed by atoms with E-state index in [1.165, 1.54) is 0 Å². The monoisotopic (exact) mass is 379 g/mol. The molecule has 1 fully saturated rings. The molecule has 1 aromatic heterocycles. The Bertz CT molecular complexity index is 836. The Morgan fingerprint density at radius 2 is 1.79 bits per heavy atom. The maximum absolute atomic E-state index is 12.2. The summed E-state index contributed by atoms with van der Waals surface area (Å²) in [5.41, 5.74) is 1.24. The number of nitriles is 1. The molecule has 1 saturated carbocycles. The number of amides is 2. The summed E-state index contributed by atoms with van der Waals surface area (Å²) in [6.45, 7) is 0. The first-order valence-corrected chi connectivity index (χ1v) is 9.38. The zero-order chi connectivity index (χ0) is 19.9. The average Bonchev–Trinajstić information content (AvgIpc) is 2.70. The molecule has 1 aliphatic rings. The summed E-state index contributed by atoms with van der Waals surface area (Å²) in [5, 5.41) is 18.0. The Hall–Kier alpha value is -3.34. The Labute approximate surface area is 165 Å². The molecule has 0 radical (unpaired) electrons. The van der Waals surface area contributed by atoms with Crippen LogP contribution in [0.15, 0.2) is 36.5 Å². The second-order valence-corrected chi connectivity index (χ2v) is 7.11. The van der Waals surface area contributed by atoms with Crippen molar-refractivity contribution in [2.24, 2.45) is 0 Å². The summed E-state index contributed by atoms with van der Waals surface area (Å²) in [6, 6.07) is 11.0. The number of anilines is 3. The average molecular weight is 379 g/mol. The van der Waals surface area contributed by atoms with Gasteiger partial charge in [-0.15, -0.1) is 0 Å². The SMILES string of the molecule is CN(C)c1ccnc(NC2CCC(NC(=O)Nc3ccc(C#N)cc3)CC2)n1. The Morgan fingerprint density at radius 1 is 1.11 bits per heavy atom. The van der Waals surface area contributed by atoms with Crippen molar-refractivity contribution in [3.8, 4) is 6.07 Å². The van der Waals surface area contributed by atoms with Crippen LogP contribution in [0.25, 0.3) is 0 Å². The molecule has 0 unspecified atom stereocenters. The van der Waals surface area contributed by atoms with Crippen molar-refractivity contribution in [3.63, 3.8) is 0 Å². The van der Waals surface area contributed by atoms with E-state index in [4.69, 9.17) is 5.26 Å². The van der Waals surface area contributed by atoms with Crippen LogP contribution >= 0.6 is 0 Å². The zero-order valence-electron chi connectivity index (χ0n) is 16.1. The molecule has 0 aliphatic heterocycles. The maximum atomic E-state index is 12.2. The summed E-state index contributed by atoms with van der Waals surface area (Å²) < 4.78 is 0. The van der Waals surface area contributed by atoms with E-state index in [0.717, 1.165) is 31.5 Å². The molecule has 3 N–H and O–H groups in total. The number of urea groups is 1. The van der Waals surface area contributed by atoms with Gasteiger partial charge < -0.3 is 20.9 Å². The van der Waals surface area contributed by atoms with E-state index in [9.17, 15) is 4.79 Å². The number of nitrogens with zero attached hydrogens (tertiary/aromatic N) is 4. The number of hydrogen-bond donors (Lipinski definition) is 3. The highest BCUT2D eigenvalue weighted by molar-refractivity contribution is 5.89. The van der Waals surface area contributed by atoms with Gasteiger partial charge in [0.1, 0.15) is 5.82 Å². The van der Waals surface area contributed by atoms with Gasteiger partial charge in [0.25, 0.3) is 0 Å². The van der Waals surface area contributed by atoms with Crippen molar-refractivity contribution in [3.05, 3.63) is 42.1 Å². The predicted octanol–water partition coefficient (Wildman–Crippen LogP) is 2.96. The number of hydrogen-bond acceptors (Lipinski definition) is 6. The lowest BCUT2D eigenvalue weighted by Crippen LogP contribution is -2.42. The van der Waals surface area contributed by atoms with E-state index in [2.05, 4.69) is 32.0 Å². The minimum absolute atomic E-state index is 0.144. The minimum atomic E-state index is -0.219. The standard InChI is InChI=1S/C20H25N7O/c1-27(2)18-11-12-22-19(26-18)23-15-7-9-17(10-8-15)25-20(28)24-16-5-3-14(13-21)4-6-16/h3-6,11-12,15,17H,7-10H2,1-2H3,(H,22,23,26)(H2,24,25,28). The molecule has 8 nitrogen and oxygen atoms in total. The van der Waals surface area contributed by atoms with Gasteiger partial charge >= 0.3 is 6.03 Å². The van der Waals surface area contributed by atoms with Crippen LogP contribution in [-0.4, -0.2) is 42.2 Å². The number of carbonyl (C=O) groups excluding carboxylic acids is 1. The molecule has 3 rings (SSSR count). The molecule has 1 aromatic carbocycles. The Morgan fingerprint density at radius 3 is 2.43 bits per heavy atom. The van der Waals surface area contributed by atoms with E-state index in [1.54, 1.807) is 30.5 Å². The lowest BCUT2D eigenvalue weighted by atomic mass is 9.91. The van der Waals surface area contributed by atoms with Crippen LogP contribution in [0.1, 0.15) is 31.2 Å². The first kappa shape index (κ1) is 19.4. The first-order valence-electron chi connectivity index (χ1n) is 9.38. The highest BCUT2D eigenvalue weighted by Crippen LogP contribution is 2.22. The summed E-state index contributed by atoms with van der Waals surface area (Å²) in [6.07, 6.45) is 5.43. The molecule has 1 heterocycles. The molecular weight excluding hydrogens is 354 g/mol. The smallest absolute Gasteiger partial charge is 0.319 e. The van der Waals surface area contributed by atoms with E-state index in [0.29, 0.717) is 23.2 Å². The summed E-state index contributed by atoms with van der Waals surface area (Å²) >= 11 is 0. The lowest BCUT2D eigenvalue weighted by Gasteiger charge is -2.29. The molecule has 28 heavy (non-hydrogen) atoms. The largest absolute Gasteiger partial charge is 0.363 e. The summed E-state index contributed by atoms with van der Waals surface area (Å²) in [5.74, 6) is 1.51. The van der Waals surface area contributed by atoms with E-state index in [-0.39, 0.29) is 12.1 Å². The maximum Gasteiger partial charge on any atom is 0.319 e. The van der Waals surface area contributed by atoms with E-state index < -0.39 is 0 Å². The van der Waals surface area contributed by atoms with Gasteiger partial charge in [0.15, 0.2) is 0 Å². The number of aromatic nitrogens is 2. The predicted molar refractivity (Wildman–Crippen MR) is 109 cm³/mol. The van der Waals surface area contributed by atoms with Crippen molar-refractivity contribution in [1.82, 2.24) is 15.3 Å². The quantitative estimate of drug-likeness (QED) is 0.737. The van der Waals surface area contributed by atoms with E-state index >= 15 is 0 Å². The van der Waals surface area contributed by atoms with Gasteiger partial charge in [-0.3, -0.25) is 0 Å². The Kier molecular flexibility index (Phi) is 6.27. The summed E-state index contributed by atoms with van der Waals surface area (Å²) in [4.78, 5) is 22.9. The van der Waals surface area contributed by atoms with Gasteiger partial charge in [-0.05, 0) is 56.0 Å². The second-order valence-electron chi connectivity index (χ2n) is 7.11.